The molecule has 4 N–H and O–H groups in total. The first-order chi connectivity index (χ1) is 23.2. The number of aromatic hydroxyl groups is 1. The van der Waals surface area contributed by atoms with Crippen molar-refractivity contribution in [1.82, 2.24) is 20.1 Å². The van der Waals surface area contributed by atoms with Crippen LogP contribution in [0.4, 0.5) is 5.69 Å². The predicted octanol–water partition coefficient (Wildman–Crippen LogP) is 1.90. The summed E-state index contributed by atoms with van der Waals surface area (Å²) in [6.07, 6.45) is 8.77. The van der Waals surface area contributed by atoms with Crippen LogP contribution in [0.5, 0.6) is 5.75 Å². The number of benzene rings is 1. The van der Waals surface area contributed by atoms with Crippen LogP contribution in [-0.2, 0) is 37.1 Å². The van der Waals surface area contributed by atoms with Crippen molar-refractivity contribution in [2.24, 2.45) is 0 Å². The van der Waals surface area contributed by atoms with Gasteiger partial charge in [0.05, 0.1) is 5.75 Å². The first kappa shape index (κ1) is 32.8. The van der Waals surface area contributed by atoms with Crippen LogP contribution in [0.3, 0.4) is 0 Å². The van der Waals surface area contributed by atoms with E-state index < -0.39 is 23.3 Å². The van der Waals surface area contributed by atoms with Crippen molar-refractivity contribution in [3.8, 4) is 5.75 Å². The zero-order chi connectivity index (χ0) is 33.8. The number of carbonyl (C=O) groups excluding carboxylic acids is 4. The molecule has 48 heavy (non-hydrogen) atoms. The number of carbonyl (C=O) groups is 5. The van der Waals surface area contributed by atoms with Crippen LogP contribution in [0, 0.1) is 0 Å². The van der Waals surface area contributed by atoms with Crippen molar-refractivity contribution in [2.75, 3.05) is 23.4 Å². The number of hydrogen-bond acceptors (Lipinski definition) is 9. The number of anilines is 1. The zero-order valence-corrected chi connectivity index (χ0v) is 27.1. The minimum Gasteiger partial charge on any atom is -0.508 e. The fourth-order valence-electron chi connectivity index (χ4n) is 5.55. The monoisotopic (exact) mass is 687 g/mol. The molecule has 15 heteroatoms. The van der Waals surface area contributed by atoms with Gasteiger partial charge in [-0.15, -0.1) is 23.5 Å². The number of fused-ring (bicyclic) bond motifs is 1. The highest BCUT2D eigenvalue weighted by molar-refractivity contribution is 8.00. The summed E-state index contributed by atoms with van der Waals surface area (Å²) in [5.74, 6) is -2.06. The van der Waals surface area contributed by atoms with Crippen LogP contribution in [0.15, 0.2) is 101 Å². The summed E-state index contributed by atoms with van der Waals surface area (Å²) in [6, 6.07) is 12.6. The second kappa shape index (κ2) is 14.3. The number of carboxylic acids is 1. The molecule has 13 nitrogen and oxygen atoms in total. The van der Waals surface area contributed by atoms with Gasteiger partial charge in [-0.25, -0.2) is 4.79 Å². The van der Waals surface area contributed by atoms with Gasteiger partial charge in [-0.3, -0.25) is 29.1 Å². The summed E-state index contributed by atoms with van der Waals surface area (Å²) < 4.78 is 1.71. The van der Waals surface area contributed by atoms with E-state index in [2.05, 4.69) is 15.6 Å². The van der Waals surface area contributed by atoms with Crippen molar-refractivity contribution in [1.29, 1.82) is 0 Å². The fraction of sp³-hybridized carbons (Fsp3) is 0.242. The molecule has 1 aromatic carbocycles. The number of aromatic nitrogens is 2. The molecule has 0 bridgehead atoms. The lowest BCUT2D eigenvalue weighted by Gasteiger charge is -2.49. The number of nitrogens with zero attached hydrogens (tertiary/aromatic N) is 4. The molecule has 2 fully saturated rings. The van der Waals surface area contributed by atoms with E-state index in [1.165, 1.54) is 40.6 Å². The van der Waals surface area contributed by atoms with Gasteiger partial charge >= 0.3 is 5.97 Å². The third-order valence-corrected chi connectivity index (χ3v) is 10.2. The largest absolute Gasteiger partial charge is 0.508 e. The van der Waals surface area contributed by atoms with Gasteiger partial charge in [-0.1, -0.05) is 0 Å². The normalized spacial score (nSPS) is 19.6. The van der Waals surface area contributed by atoms with E-state index in [-0.39, 0.29) is 47.2 Å². The average molecular weight is 688 g/mol. The number of rotatable bonds is 11. The molecular formula is C33H31N6O7S2+. The Labute approximate surface area is 283 Å². The number of carboxylic acid groups (broad SMARTS) is 1. The van der Waals surface area contributed by atoms with Gasteiger partial charge in [0, 0.05) is 59.5 Å². The van der Waals surface area contributed by atoms with E-state index in [1.807, 2.05) is 12.1 Å². The summed E-state index contributed by atoms with van der Waals surface area (Å²) in [5.41, 5.74) is 2.11. The van der Waals surface area contributed by atoms with E-state index in [1.54, 1.807) is 64.6 Å². The van der Waals surface area contributed by atoms with E-state index in [0.29, 0.717) is 36.3 Å². The Morgan fingerprint density at radius 1 is 1.04 bits per heavy atom. The molecule has 2 saturated heterocycles. The number of pyridine rings is 2. The molecule has 0 unspecified atom stereocenters. The molecule has 4 amide bonds. The number of hydrogen-bond donors (Lipinski definition) is 4. The molecule has 2 atom stereocenters. The highest BCUT2D eigenvalue weighted by atomic mass is 32.2. The fourth-order valence-corrected chi connectivity index (χ4v) is 7.55. The molecule has 0 aliphatic carbocycles. The maximum atomic E-state index is 13.3. The molecule has 0 spiro atoms. The molecule has 0 saturated carbocycles. The maximum absolute atomic E-state index is 13.3. The SMILES string of the molecule is O=C(C[n+]1ccc(CN2CCC(=CC3=C(C(=O)O)N4C(=O)[C@@H](NC(=O)CSc5ccncc5)[C@H]4SC3)C2=O)cc1)Nc1ccc(O)cc1. The van der Waals surface area contributed by atoms with Crippen LogP contribution in [0.2, 0.25) is 0 Å². The quantitative estimate of drug-likeness (QED) is 0.0767. The summed E-state index contributed by atoms with van der Waals surface area (Å²) in [4.78, 5) is 71.3. The molecule has 6 rings (SSSR count). The van der Waals surface area contributed by atoms with Gasteiger partial charge in [0.2, 0.25) is 18.4 Å². The highest BCUT2D eigenvalue weighted by Gasteiger charge is 2.54. The number of β-lactam (4-membered cyclic amide) rings is 1. The van der Waals surface area contributed by atoms with Crippen LogP contribution < -0.4 is 15.2 Å². The molecule has 3 aliphatic rings. The third-order valence-electron chi connectivity index (χ3n) is 7.91. The predicted molar refractivity (Wildman–Crippen MR) is 176 cm³/mol. The number of likely N-dealkylation sites (tertiary alicyclic amines) is 1. The second-order valence-corrected chi connectivity index (χ2v) is 13.4. The lowest BCUT2D eigenvalue weighted by molar-refractivity contribution is -0.684. The number of phenols is 1. The lowest BCUT2D eigenvalue weighted by Crippen LogP contribution is -2.70. The summed E-state index contributed by atoms with van der Waals surface area (Å²) in [5, 5.41) is 24.4. The van der Waals surface area contributed by atoms with E-state index >= 15 is 0 Å². The first-order valence-corrected chi connectivity index (χ1v) is 17.0. The number of thioether (sulfide) groups is 2. The second-order valence-electron chi connectivity index (χ2n) is 11.2. The first-order valence-electron chi connectivity index (χ1n) is 15.0. The third kappa shape index (κ3) is 7.37. The van der Waals surface area contributed by atoms with Gasteiger partial charge in [-0.05, 0) is 60.0 Å². The summed E-state index contributed by atoms with van der Waals surface area (Å²) >= 11 is 2.66. The van der Waals surface area contributed by atoms with Crippen molar-refractivity contribution >= 4 is 58.8 Å². The van der Waals surface area contributed by atoms with Gasteiger partial charge in [0.25, 0.3) is 11.8 Å². The van der Waals surface area contributed by atoms with Crippen molar-refractivity contribution in [3.63, 3.8) is 0 Å². The minimum atomic E-state index is -1.27. The Hall–Kier alpha value is -5.15. The molecular weight excluding hydrogens is 657 g/mol. The maximum Gasteiger partial charge on any atom is 0.352 e. The van der Waals surface area contributed by atoms with Crippen LogP contribution in [0.25, 0.3) is 0 Å². The molecule has 3 aromatic rings. The standard InChI is InChI=1S/C33H30N6O7S2/c40-24-3-1-23(2-4-24)35-26(41)17-37-12-7-20(8-13-37)16-38-14-9-21(30(38)43)15-22-18-48-32-28(31(44)39(32)29(22)33(45)46)36-27(42)19-47-25-5-10-34-11-6-25/h1-8,10-13,15,28,32H,9,14,16-19H2,(H3-,35,36,40,41,42,45,46)/p+1/t28-,32-/m1/s1. The van der Waals surface area contributed by atoms with Gasteiger partial charge in [0.15, 0.2) is 12.4 Å². The van der Waals surface area contributed by atoms with Crippen LogP contribution in [-0.4, -0.2) is 84.1 Å². The van der Waals surface area contributed by atoms with E-state index in [4.69, 9.17) is 0 Å². The number of phenolic OH excluding ortho intramolecular Hbond substituents is 1. The lowest BCUT2D eigenvalue weighted by atomic mass is 10.0. The zero-order valence-electron chi connectivity index (χ0n) is 25.4. The Balaban J connectivity index is 1.04. The van der Waals surface area contributed by atoms with Crippen molar-refractivity contribution < 1.29 is 38.8 Å². The molecule has 2 aromatic heterocycles. The number of amides is 4. The van der Waals surface area contributed by atoms with Crippen LogP contribution in [0.1, 0.15) is 12.0 Å². The summed E-state index contributed by atoms with van der Waals surface area (Å²) in [7, 11) is 0. The summed E-state index contributed by atoms with van der Waals surface area (Å²) in [6.45, 7) is 0.868. The smallest absolute Gasteiger partial charge is 0.352 e. The van der Waals surface area contributed by atoms with Gasteiger partial charge in [-0.2, -0.15) is 4.57 Å². The molecule has 0 radical (unpaired) electrons. The van der Waals surface area contributed by atoms with E-state index in [9.17, 15) is 34.2 Å². The highest BCUT2D eigenvalue weighted by Crippen LogP contribution is 2.41. The molecule has 3 aliphatic heterocycles. The minimum absolute atomic E-state index is 0.0780. The Bertz CT molecular complexity index is 1820. The number of aliphatic carboxylic acids is 1. The van der Waals surface area contributed by atoms with Crippen molar-refractivity contribution in [3.05, 3.63) is 102 Å². The van der Waals surface area contributed by atoms with Gasteiger partial charge < -0.3 is 25.7 Å². The Morgan fingerprint density at radius 3 is 2.48 bits per heavy atom. The number of allylic oxidation sites excluding steroid dienone is 1. The molecule has 246 valence electrons. The van der Waals surface area contributed by atoms with Crippen LogP contribution >= 0.6 is 23.5 Å². The van der Waals surface area contributed by atoms with E-state index in [0.717, 1.165) is 10.5 Å². The van der Waals surface area contributed by atoms with Gasteiger partial charge in [0.1, 0.15) is 22.9 Å². The number of nitrogens with one attached hydrogen (secondary N) is 2. The van der Waals surface area contributed by atoms with Crippen molar-refractivity contribution in [2.45, 2.75) is 35.8 Å². The Morgan fingerprint density at radius 2 is 1.77 bits per heavy atom. The topological polar surface area (TPSA) is 173 Å². The molecule has 5 heterocycles. The Kier molecular flexibility index (Phi) is 9.77. The average Bonchev–Trinajstić information content (AvgIpc) is 3.42.